The molecule has 2 aliphatic heterocycles. The summed E-state index contributed by atoms with van der Waals surface area (Å²) >= 11 is 0. The van der Waals surface area contributed by atoms with E-state index in [9.17, 15) is 9.59 Å². The molecule has 0 radical (unpaired) electrons. The van der Waals surface area contributed by atoms with Crippen LogP contribution in [0.15, 0.2) is 76.5 Å². The van der Waals surface area contributed by atoms with Gasteiger partial charge in [-0.15, -0.1) is 0 Å². The Labute approximate surface area is 184 Å². The number of rotatable bonds is 2. The van der Waals surface area contributed by atoms with E-state index in [1.165, 1.54) is 0 Å². The standard InChI is InChI=1S/C26H20N4O2/c1-15-27-20-12-6-10-18(21(20)25(31)28-15)23-26(32)30-14-13-17-9-5-11-19(24(17)30)22(29-23)16-7-3-2-4-8-16/h2-12,23H,13-14H2,1H3,(H,27,28,31). The fourth-order valence-corrected chi connectivity index (χ4v) is 4.86. The molecule has 1 aromatic heterocycles. The maximum Gasteiger partial charge on any atom is 0.259 e. The molecule has 6 heteroatoms. The number of carbonyl (C=O) groups is 1. The van der Waals surface area contributed by atoms with Crippen LogP contribution in [0.4, 0.5) is 5.69 Å². The highest BCUT2D eigenvalue weighted by atomic mass is 16.2. The minimum atomic E-state index is -0.835. The third-order valence-corrected chi connectivity index (χ3v) is 6.23. The molecular formula is C26H20N4O2. The van der Waals surface area contributed by atoms with Gasteiger partial charge in [-0.1, -0.05) is 60.7 Å². The van der Waals surface area contributed by atoms with Crippen molar-refractivity contribution in [2.45, 2.75) is 19.4 Å². The first-order valence-electron chi connectivity index (χ1n) is 10.7. The normalized spacial score (nSPS) is 17.3. The van der Waals surface area contributed by atoms with Gasteiger partial charge in [-0.25, -0.2) is 4.98 Å². The average molecular weight is 420 g/mol. The first-order valence-corrected chi connectivity index (χ1v) is 10.7. The van der Waals surface area contributed by atoms with Gasteiger partial charge in [0.15, 0.2) is 6.04 Å². The zero-order chi connectivity index (χ0) is 21.8. The maximum absolute atomic E-state index is 13.9. The highest BCUT2D eigenvalue weighted by Gasteiger charge is 2.37. The number of hydrogen-bond acceptors (Lipinski definition) is 4. The molecule has 32 heavy (non-hydrogen) atoms. The predicted molar refractivity (Wildman–Crippen MR) is 124 cm³/mol. The first kappa shape index (κ1) is 18.7. The van der Waals surface area contributed by atoms with Crippen LogP contribution in [0.1, 0.15) is 34.1 Å². The van der Waals surface area contributed by atoms with E-state index in [1.54, 1.807) is 13.0 Å². The van der Waals surface area contributed by atoms with Crippen LogP contribution in [0.5, 0.6) is 0 Å². The molecule has 4 aromatic rings. The average Bonchev–Trinajstić information content (AvgIpc) is 3.19. The number of carbonyl (C=O) groups excluding carboxylic acids is 1. The molecule has 0 saturated heterocycles. The molecule has 156 valence electrons. The fraction of sp³-hybridized carbons (Fsp3) is 0.154. The molecule has 1 atom stereocenters. The summed E-state index contributed by atoms with van der Waals surface area (Å²) in [5.74, 6) is 0.423. The molecule has 1 N–H and O–H groups in total. The number of H-pyrrole nitrogens is 1. The number of nitrogens with zero attached hydrogens (tertiary/aromatic N) is 3. The number of fused-ring (bicyclic) bond motifs is 1. The van der Waals surface area contributed by atoms with Gasteiger partial charge in [-0.2, -0.15) is 0 Å². The van der Waals surface area contributed by atoms with Crippen molar-refractivity contribution in [2.75, 3.05) is 11.4 Å². The summed E-state index contributed by atoms with van der Waals surface area (Å²) in [6.45, 7) is 2.36. The van der Waals surface area contributed by atoms with Gasteiger partial charge in [-0.05, 0) is 25.0 Å². The van der Waals surface area contributed by atoms with Gasteiger partial charge in [0.05, 0.1) is 22.3 Å². The van der Waals surface area contributed by atoms with Gasteiger partial charge in [0.1, 0.15) is 5.82 Å². The molecule has 3 heterocycles. The second-order valence-electron chi connectivity index (χ2n) is 8.19. The molecule has 1 unspecified atom stereocenters. The van der Waals surface area contributed by atoms with E-state index in [0.717, 1.165) is 34.5 Å². The summed E-state index contributed by atoms with van der Waals surface area (Å²) in [5, 5.41) is 0.415. The highest BCUT2D eigenvalue weighted by Crippen LogP contribution is 2.40. The van der Waals surface area contributed by atoms with E-state index in [0.29, 0.717) is 28.8 Å². The van der Waals surface area contributed by atoms with Crippen molar-refractivity contribution < 1.29 is 4.79 Å². The van der Waals surface area contributed by atoms with Crippen molar-refractivity contribution in [2.24, 2.45) is 4.99 Å². The molecule has 6 rings (SSSR count). The third-order valence-electron chi connectivity index (χ3n) is 6.23. The third kappa shape index (κ3) is 2.73. The topological polar surface area (TPSA) is 78.4 Å². The molecule has 2 aliphatic rings. The van der Waals surface area contributed by atoms with E-state index in [-0.39, 0.29) is 11.5 Å². The lowest BCUT2D eigenvalue weighted by atomic mass is 9.98. The zero-order valence-electron chi connectivity index (χ0n) is 17.5. The Morgan fingerprint density at radius 2 is 1.78 bits per heavy atom. The smallest absolute Gasteiger partial charge is 0.259 e. The highest BCUT2D eigenvalue weighted by molar-refractivity contribution is 6.21. The Kier molecular flexibility index (Phi) is 4.08. The van der Waals surface area contributed by atoms with Crippen molar-refractivity contribution in [1.82, 2.24) is 9.97 Å². The van der Waals surface area contributed by atoms with Crippen molar-refractivity contribution in [3.05, 3.63) is 105 Å². The van der Waals surface area contributed by atoms with Crippen LogP contribution in [0.2, 0.25) is 0 Å². The summed E-state index contributed by atoms with van der Waals surface area (Å²) in [6, 6.07) is 20.6. The Bertz CT molecular complexity index is 1490. The largest absolute Gasteiger partial charge is 0.310 e. The maximum atomic E-state index is 13.9. The minimum absolute atomic E-state index is 0.116. The van der Waals surface area contributed by atoms with Gasteiger partial charge in [0.2, 0.25) is 0 Å². The van der Waals surface area contributed by atoms with Crippen LogP contribution in [0, 0.1) is 6.92 Å². The van der Waals surface area contributed by atoms with E-state index >= 15 is 0 Å². The number of nitrogens with one attached hydrogen (secondary N) is 1. The Morgan fingerprint density at radius 1 is 0.969 bits per heavy atom. The molecule has 0 bridgehead atoms. The van der Waals surface area contributed by atoms with Gasteiger partial charge in [-0.3, -0.25) is 14.6 Å². The van der Waals surface area contributed by atoms with E-state index in [4.69, 9.17) is 4.99 Å². The lowest BCUT2D eigenvalue weighted by Gasteiger charge is -2.21. The molecule has 6 nitrogen and oxygen atoms in total. The monoisotopic (exact) mass is 420 g/mol. The Hall–Kier alpha value is -4.06. The number of para-hydroxylation sites is 1. The summed E-state index contributed by atoms with van der Waals surface area (Å²) in [4.78, 5) is 40.9. The number of amides is 1. The van der Waals surface area contributed by atoms with Crippen LogP contribution in [0.3, 0.4) is 0 Å². The Morgan fingerprint density at radius 3 is 2.62 bits per heavy atom. The van der Waals surface area contributed by atoms with Gasteiger partial charge in [0.25, 0.3) is 11.5 Å². The second-order valence-corrected chi connectivity index (χ2v) is 8.19. The van der Waals surface area contributed by atoms with Crippen LogP contribution >= 0.6 is 0 Å². The van der Waals surface area contributed by atoms with Gasteiger partial charge < -0.3 is 9.88 Å². The van der Waals surface area contributed by atoms with Crippen LogP contribution in [0.25, 0.3) is 10.9 Å². The van der Waals surface area contributed by atoms with Crippen molar-refractivity contribution in [1.29, 1.82) is 0 Å². The number of aliphatic imine (C=N–C) groups is 1. The van der Waals surface area contributed by atoms with E-state index < -0.39 is 6.04 Å². The fourth-order valence-electron chi connectivity index (χ4n) is 4.86. The SMILES string of the molecule is Cc1nc2cccc(C3N=C(c4ccccc4)c4cccc5c4N(CC5)C3=O)c2c(=O)[nH]1. The number of hydrogen-bond donors (Lipinski definition) is 1. The Balaban J connectivity index is 1.66. The lowest BCUT2D eigenvalue weighted by molar-refractivity contribution is -0.119. The minimum Gasteiger partial charge on any atom is -0.310 e. The number of aromatic amines is 1. The van der Waals surface area contributed by atoms with Crippen molar-refractivity contribution in [3.8, 4) is 0 Å². The molecule has 0 fully saturated rings. The van der Waals surface area contributed by atoms with Crippen molar-refractivity contribution in [3.63, 3.8) is 0 Å². The molecule has 0 saturated carbocycles. The molecule has 1 amide bonds. The first-order chi connectivity index (χ1) is 15.6. The predicted octanol–water partition coefficient (Wildman–Crippen LogP) is 3.71. The van der Waals surface area contributed by atoms with Crippen molar-refractivity contribution >= 4 is 28.2 Å². The molecule has 3 aromatic carbocycles. The summed E-state index contributed by atoms with van der Waals surface area (Å²) < 4.78 is 0. The number of anilines is 1. The lowest BCUT2D eigenvalue weighted by Crippen LogP contribution is -2.33. The summed E-state index contributed by atoms with van der Waals surface area (Å²) in [7, 11) is 0. The van der Waals surface area contributed by atoms with Gasteiger partial charge >= 0.3 is 0 Å². The summed E-state index contributed by atoms with van der Waals surface area (Å²) in [5.41, 5.74) is 5.63. The van der Waals surface area contributed by atoms with Crippen LogP contribution in [-0.4, -0.2) is 28.1 Å². The van der Waals surface area contributed by atoms with E-state index in [1.807, 2.05) is 59.5 Å². The quantitative estimate of drug-likeness (QED) is 0.537. The van der Waals surface area contributed by atoms with Gasteiger partial charge in [0, 0.05) is 23.2 Å². The number of aromatic nitrogens is 2. The number of aryl methyl sites for hydroxylation is 1. The molecule has 0 aliphatic carbocycles. The van der Waals surface area contributed by atoms with Crippen LogP contribution in [-0.2, 0) is 11.2 Å². The van der Waals surface area contributed by atoms with Crippen LogP contribution < -0.4 is 10.5 Å². The zero-order valence-corrected chi connectivity index (χ0v) is 17.5. The second kappa shape index (κ2) is 6.99. The van der Waals surface area contributed by atoms with E-state index in [2.05, 4.69) is 16.0 Å². The molecule has 0 spiro atoms. The number of benzene rings is 3. The summed E-state index contributed by atoms with van der Waals surface area (Å²) in [6.07, 6.45) is 0.806. The molecular weight excluding hydrogens is 400 g/mol.